The van der Waals surface area contributed by atoms with Crippen LogP contribution in [-0.4, -0.2) is 27.9 Å². The fourth-order valence-corrected chi connectivity index (χ4v) is 4.79. The second kappa shape index (κ2) is 6.79. The zero-order valence-corrected chi connectivity index (χ0v) is 15.7. The normalized spacial score (nSPS) is 15.4. The fraction of sp³-hybridized carbons (Fsp3) is 0.238. The van der Waals surface area contributed by atoms with Crippen molar-refractivity contribution in [1.29, 1.82) is 0 Å². The summed E-state index contributed by atoms with van der Waals surface area (Å²) in [5.74, 6) is 0.566. The predicted octanol–water partition coefficient (Wildman–Crippen LogP) is 4.33. The molecule has 4 aromatic rings. The molecule has 0 saturated carbocycles. The molecule has 0 aliphatic carbocycles. The van der Waals surface area contributed by atoms with Gasteiger partial charge in [0.1, 0.15) is 5.82 Å². The van der Waals surface area contributed by atoms with E-state index in [1.807, 2.05) is 12.4 Å². The maximum absolute atomic E-state index is 6.21. The molecular formula is C21H21N5S. The molecule has 1 aliphatic heterocycles. The number of piperidine rings is 1. The van der Waals surface area contributed by atoms with Gasteiger partial charge in [-0.3, -0.25) is 4.68 Å². The van der Waals surface area contributed by atoms with Crippen molar-refractivity contribution in [2.75, 3.05) is 18.8 Å². The molecule has 6 heteroatoms. The van der Waals surface area contributed by atoms with Crippen LogP contribution in [0.25, 0.3) is 31.7 Å². The van der Waals surface area contributed by atoms with Crippen molar-refractivity contribution in [3.8, 4) is 21.6 Å². The number of pyridine rings is 1. The van der Waals surface area contributed by atoms with Crippen LogP contribution in [0.15, 0.2) is 55.0 Å². The number of benzene rings is 1. The topological polar surface area (TPSA) is 68.8 Å². The summed E-state index contributed by atoms with van der Waals surface area (Å²) in [6, 6.07) is 13.2. The number of rotatable bonds is 3. The summed E-state index contributed by atoms with van der Waals surface area (Å²) in [5, 5.41) is 9.25. The van der Waals surface area contributed by atoms with Crippen LogP contribution in [0.1, 0.15) is 18.9 Å². The third kappa shape index (κ3) is 3.11. The van der Waals surface area contributed by atoms with Gasteiger partial charge < -0.3 is 11.1 Å². The number of nitrogens with two attached hydrogens (primary N) is 1. The number of nitrogens with one attached hydrogen (secondary N) is 1. The van der Waals surface area contributed by atoms with Gasteiger partial charge in [0.05, 0.1) is 12.2 Å². The van der Waals surface area contributed by atoms with Crippen molar-refractivity contribution in [2.45, 2.75) is 18.9 Å². The lowest BCUT2D eigenvalue weighted by molar-refractivity contribution is 0.343. The minimum absolute atomic E-state index is 0.476. The first-order chi connectivity index (χ1) is 13.3. The highest BCUT2D eigenvalue weighted by molar-refractivity contribution is 7.22. The Morgan fingerprint density at radius 1 is 1.07 bits per heavy atom. The number of thiophene rings is 1. The molecule has 1 saturated heterocycles. The average molecular weight is 376 g/mol. The zero-order valence-electron chi connectivity index (χ0n) is 14.9. The Hall–Kier alpha value is -2.70. The van der Waals surface area contributed by atoms with Crippen molar-refractivity contribution >= 4 is 27.2 Å². The van der Waals surface area contributed by atoms with Gasteiger partial charge in [-0.15, -0.1) is 11.3 Å². The Morgan fingerprint density at radius 2 is 1.93 bits per heavy atom. The standard InChI is InChI=1S/C21H21N5S/c22-21-18(20-10-14-3-1-2-4-19(14)27-20)9-15(11-24-21)16-12-25-26(13-16)17-5-7-23-8-6-17/h1-4,9-13,17,23H,5-8H2,(H2,22,24). The molecule has 0 bridgehead atoms. The molecule has 0 spiro atoms. The van der Waals surface area contributed by atoms with Crippen LogP contribution in [0.2, 0.25) is 0 Å². The molecule has 27 heavy (non-hydrogen) atoms. The van der Waals surface area contributed by atoms with Crippen LogP contribution >= 0.6 is 11.3 Å². The van der Waals surface area contributed by atoms with E-state index in [0.717, 1.165) is 47.5 Å². The number of fused-ring (bicyclic) bond motifs is 1. The molecule has 1 aromatic carbocycles. The molecule has 0 radical (unpaired) electrons. The van der Waals surface area contributed by atoms with E-state index in [4.69, 9.17) is 5.73 Å². The van der Waals surface area contributed by atoms with Crippen LogP contribution in [0.5, 0.6) is 0 Å². The molecule has 1 aliphatic rings. The Morgan fingerprint density at radius 3 is 2.78 bits per heavy atom. The summed E-state index contributed by atoms with van der Waals surface area (Å²) in [5.41, 5.74) is 9.34. The second-order valence-electron chi connectivity index (χ2n) is 7.00. The smallest absolute Gasteiger partial charge is 0.132 e. The molecule has 136 valence electrons. The Bertz CT molecular complexity index is 1060. The lowest BCUT2D eigenvalue weighted by Crippen LogP contribution is -2.29. The van der Waals surface area contributed by atoms with Crippen molar-refractivity contribution in [3.63, 3.8) is 0 Å². The van der Waals surface area contributed by atoms with Crippen LogP contribution in [0.3, 0.4) is 0 Å². The minimum atomic E-state index is 0.476. The lowest BCUT2D eigenvalue weighted by atomic mass is 10.1. The lowest BCUT2D eigenvalue weighted by Gasteiger charge is -2.22. The highest BCUT2D eigenvalue weighted by Gasteiger charge is 2.17. The molecule has 0 atom stereocenters. The van der Waals surface area contributed by atoms with E-state index in [0.29, 0.717) is 11.9 Å². The van der Waals surface area contributed by atoms with Gasteiger partial charge in [0.25, 0.3) is 0 Å². The summed E-state index contributed by atoms with van der Waals surface area (Å²) >= 11 is 1.75. The highest BCUT2D eigenvalue weighted by atomic mass is 32.1. The quantitative estimate of drug-likeness (QED) is 0.559. The first kappa shape index (κ1) is 16.5. The van der Waals surface area contributed by atoms with E-state index in [9.17, 15) is 0 Å². The van der Waals surface area contributed by atoms with E-state index in [-0.39, 0.29) is 0 Å². The highest BCUT2D eigenvalue weighted by Crippen LogP contribution is 2.37. The van der Waals surface area contributed by atoms with Crippen LogP contribution < -0.4 is 11.1 Å². The van der Waals surface area contributed by atoms with Crippen molar-refractivity contribution in [1.82, 2.24) is 20.1 Å². The first-order valence-corrected chi connectivity index (χ1v) is 10.1. The van der Waals surface area contributed by atoms with Crippen LogP contribution in [-0.2, 0) is 0 Å². The van der Waals surface area contributed by atoms with Crippen molar-refractivity contribution < 1.29 is 0 Å². The number of aromatic nitrogens is 3. The Kier molecular flexibility index (Phi) is 4.14. The average Bonchev–Trinajstić information content (AvgIpc) is 3.36. The van der Waals surface area contributed by atoms with E-state index >= 15 is 0 Å². The van der Waals surface area contributed by atoms with Gasteiger partial charge in [-0.1, -0.05) is 18.2 Å². The third-order valence-corrected chi connectivity index (χ3v) is 6.38. The van der Waals surface area contributed by atoms with E-state index in [2.05, 4.69) is 62.7 Å². The number of hydrogen-bond acceptors (Lipinski definition) is 5. The van der Waals surface area contributed by atoms with Crippen molar-refractivity contribution in [3.05, 3.63) is 55.0 Å². The third-order valence-electron chi connectivity index (χ3n) is 5.23. The molecule has 3 aromatic heterocycles. The van der Waals surface area contributed by atoms with Gasteiger partial charge in [0.2, 0.25) is 0 Å². The Labute approximate surface area is 161 Å². The molecule has 0 amide bonds. The van der Waals surface area contributed by atoms with Crippen LogP contribution in [0.4, 0.5) is 5.82 Å². The van der Waals surface area contributed by atoms with Gasteiger partial charge in [0.15, 0.2) is 0 Å². The summed E-state index contributed by atoms with van der Waals surface area (Å²) in [4.78, 5) is 5.61. The van der Waals surface area contributed by atoms with Crippen molar-refractivity contribution in [2.24, 2.45) is 0 Å². The minimum Gasteiger partial charge on any atom is -0.383 e. The molecular weight excluding hydrogens is 354 g/mol. The van der Waals surface area contributed by atoms with Gasteiger partial charge in [0, 0.05) is 38.7 Å². The molecule has 1 fully saturated rings. The first-order valence-electron chi connectivity index (χ1n) is 9.28. The van der Waals surface area contributed by atoms with Gasteiger partial charge in [-0.25, -0.2) is 4.98 Å². The molecule has 0 unspecified atom stereocenters. The molecule has 5 nitrogen and oxygen atoms in total. The maximum Gasteiger partial charge on any atom is 0.132 e. The zero-order chi connectivity index (χ0) is 18.2. The summed E-state index contributed by atoms with van der Waals surface area (Å²) in [7, 11) is 0. The maximum atomic E-state index is 6.21. The number of nitrogen functional groups attached to an aromatic ring is 1. The number of anilines is 1. The number of nitrogens with zero attached hydrogens (tertiary/aromatic N) is 3. The largest absolute Gasteiger partial charge is 0.383 e. The monoisotopic (exact) mass is 375 g/mol. The van der Waals surface area contributed by atoms with Gasteiger partial charge in [-0.2, -0.15) is 5.10 Å². The SMILES string of the molecule is Nc1ncc(-c2cnn(C3CCNCC3)c2)cc1-c1cc2ccccc2s1. The fourth-order valence-electron chi connectivity index (χ4n) is 3.70. The predicted molar refractivity (Wildman–Crippen MR) is 112 cm³/mol. The molecule has 3 N–H and O–H groups in total. The van der Waals surface area contributed by atoms with Gasteiger partial charge >= 0.3 is 0 Å². The van der Waals surface area contributed by atoms with E-state index in [1.54, 1.807) is 11.3 Å². The summed E-state index contributed by atoms with van der Waals surface area (Å²) in [6.07, 6.45) is 8.15. The summed E-state index contributed by atoms with van der Waals surface area (Å²) < 4.78 is 3.36. The van der Waals surface area contributed by atoms with Gasteiger partial charge in [-0.05, 0) is 49.5 Å². The Balaban J connectivity index is 1.51. The van der Waals surface area contributed by atoms with E-state index < -0.39 is 0 Å². The number of hydrogen-bond donors (Lipinski definition) is 2. The second-order valence-corrected chi connectivity index (χ2v) is 8.08. The molecule has 5 rings (SSSR count). The van der Waals surface area contributed by atoms with E-state index in [1.165, 1.54) is 10.1 Å². The molecule has 4 heterocycles. The summed E-state index contributed by atoms with van der Waals surface area (Å²) in [6.45, 7) is 2.11. The van der Waals surface area contributed by atoms with Crippen LogP contribution in [0, 0.1) is 0 Å².